The van der Waals surface area contributed by atoms with Crippen molar-refractivity contribution in [2.45, 2.75) is 0 Å². The molecule has 0 bridgehead atoms. The lowest BCUT2D eigenvalue weighted by atomic mass is 10.1. The highest BCUT2D eigenvalue weighted by Crippen LogP contribution is 2.28. The van der Waals surface area contributed by atoms with Gasteiger partial charge < -0.3 is 16.3 Å². The molecule has 2 aromatic heterocycles. The summed E-state index contributed by atoms with van der Waals surface area (Å²) < 4.78 is 4.69. The molecule has 28 heavy (non-hydrogen) atoms. The fourth-order valence-electron chi connectivity index (χ4n) is 2.55. The molecule has 4 rings (SSSR count). The molecule has 4 aromatic rings. The molecule has 2 aromatic carbocycles. The first-order valence-electron chi connectivity index (χ1n) is 7.85. The average Bonchev–Trinajstić information content (AvgIpc) is 3.12. The van der Waals surface area contributed by atoms with Gasteiger partial charge in [0.25, 0.3) is 0 Å². The zero-order valence-corrected chi connectivity index (χ0v) is 15.5. The fraction of sp³-hybridized carbons (Fsp3) is 0. The number of aromatic nitrogens is 4. The van der Waals surface area contributed by atoms with E-state index in [1.165, 1.54) is 18.2 Å². The smallest absolute Gasteiger partial charge is 0.245 e. The second-order valence-electron chi connectivity index (χ2n) is 5.61. The molecule has 140 valence electrons. The zero-order valence-electron chi connectivity index (χ0n) is 14.0. The van der Waals surface area contributed by atoms with Crippen molar-refractivity contribution in [1.82, 2.24) is 20.3 Å². The molecule has 0 amide bonds. The Morgan fingerprint density at radius 1 is 1.04 bits per heavy atom. The zero-order chi connectivity index (χ0) is 19.7. The van der Waals surface area contributed by atoms with E-state index < -0.39 is 0 Å². The summed E-state index contributed by atoms with van der Waals surface area (Å²) in [5, 5.41) is 25.5. The van der Waals surface area contributed by atoms with E-state index in [0.717, 1.165) is 0 Å². The van der Waals surface area contributed by atoms with Gasteiger partial charge in [-0.2, -0.15) is 5.10 Å². The summed E-state index contributed by atoms with van der Waals surface area (Å²) in [5.74, 6) is 5.80. The van der Waals surface area contributed by atoms with E-state index in [2.05, 4.69) is 30.7 Å². The predicted molar refractivity (Wildman–Crippen MR) is 105 cm³/mol. The van der Waals surface area contributed by atoms with Crippen LogP contribution < -0.4 is 11.2 Å². The minimum Gasteiger partial charge on any atom is -0.507 e. The second kappa shape index (κ2) is 7.29. The Labute approximate surface area is 167 Å². The largest absolute Gasteiger partial charge is 0.507 e. The lowest BCUT2D eigenvalue weighted by Gasteiger charge is -2.13. The summed E-state index contributed by atoms with van der Waals surface area (Å²) >= 11 is 12.1. The van der Waals surface area contributed by atoms with Gasteiger partial charge in [0.05, 0.1) is 0 Å². The number of phenols is 1. The summed E-state index contributed by atoms with van der Waals surface area (Å²) in [6.45, 7) is 0. The van der Waals surface area contributed by atoms with E-state index in [4.69, 9.17) is 33.7 Å². The monoisotopic (exact) mass is 415 g/mol. The fourth-order valence-corrected chi connectivity index (χ4v) is 2.91. The molecule has 0 saturated carbocycles. The number of nitrogens with two attached hydrogens (primary N) is 1. The van der Waals surface area contributed by atoms with Crippen LogP contribution in [-0.2, 0) is 0 Å². The normalized spacial score (nSPS) is 11.7. The molecule has 9 nitrogen and oxygen atoms in total. The summed E-state index contributed by atoms with van der Waals surface area (Å²) in [6.07, 6.45) is 0. The highest BCUT2D eigenvalue weighted by molar-refractivity contribution is 6.31. The molecule has 0 fully saturated rings. The molecule has 0 radical (unpaired) electrons. The number of rotatable bonds is 4. The first-order valence-corrected chi connectivity index (χ1v) is 8.61. The molecule has 0 atom stereocenters. The van der Waals surface area contributed by atoms with E-state index in [-0.39, 0.29) is 39.8 Å². The number of fused-ring (bicyclic) bond motifs is 1. The maximum absolute atomic E-state index is 10.3. The minimum absolute atomic E-state index is 0.0810. The maximum atomic E-state index is 10.3. The number of anilines is 2. The lowest BCUT2D eigenvalue weighted by Crippen LogP contribution is -2.13. The van der Waals surface area contributed by atoms with Crippen molar-refractivity contribution >= 4 is 51.7 Å². The third kappa shape index (κ3) is 3.40. The highest BCUT2D eigenvalue weighted by Gasteiger charge is 2.21. The Balaban J connectivity index is 1.90. The van der Waals surface area contributed by atoms with Crippen LogP contribution in [-0.4, -0.2) is 31.1 Å². The van der Waals surface area contributed by atoms with E-state index >= 15 is 0 Å². The van der Waals surface area contributed by atoms with Crippen molar-refractivity contribution in [2.75, 3.05) is 5.32 Å². The number of nitrogens with zero attached hydrogens (tertiary/aromatic N) is 5. The highest BCUT2D eigenvalue weighted by atomic mass is 35.5. The van der Waals surface area contributed by atoms with Crippen LogP contribution in [0.15, 0.2) is 52.2 Å². The number of nitrogens with one attached hydrogen (secondary N) is 1. The summed E-state index contributed by atoms with van der Waals surface area (Å²) in [5.41, 5.74) is 1.60. The Hall–Kier alpha value is -3.43. The quantitative estimate of drug-likeness (QED) is 0.261. The molecule has 0 unspecified atom stereocenters. The Morgan fingerprint density at radius 3 is 2.54 bits per heavy atom. The molecule has 0 aliphatic carbocycles. The standard InChI is InChI=1S/C17H11Cl2N7O2/c18-8-2-1-3-10(6-8)21-15-14(22-16-17(23-15)26-28-25-16)13(24-20)11-7-9(19)4-5-12(11)27/h1-7,27H,20H2,(H,21,23,26)/b24-13+. The van der Waals surface area contributed by atoms with Gasteiger partial charge in [0.2, 0.25) is 11.3 Å². The number of halogens is 2. The van der Waals surface area contributed by atoms with Gasteiger partial charge in [0.1, 0.15) is 17.2 Å². The van der Waals surface area contributed by atoms with Crippen LogP contribution in [0.2, 0.25) is 10.0 Å². The molecule has 2 heterocycles. The van der Waals surface area contributed by atoms with E-state index in [0.29, 0.717) is 15.7 Å². The maximum Gasteiger partial charge on any atom is 0.245 e. The van der Waals surface area contributed by atoms with Crippen LogP contribution in [0.4, 0.5) is 11.5 Å². The summed E-state index contributed by atoms with van der Waals surface area (Å²) in [4.78, 5) is 8.75. The predicted octanol–water partition coefficient (Wildman–Crippen LogP) is 3.48. The van der Waals surface area contributed by atoms with Crippen molar-refractivity contribution in [3.05, 3.63) is 63.8 Å². The number of phenolic OH excluding ortho intramolecular Hbond substituents is 1. The first-order chi connectivity index (χ1) is 13.5. The molecule has 4 N–H and O–H groups in total. The summed E-state index contributed by atoms with van der Waals surface area (Å²) in [6, 6.07) is 11.5. The van der Waals surface area contributed by atoms with E-state index in [1.54, 1.807) is 24.3 Å². The molecular formula is C17H11Cl2N7O2. The Kier molecular flexibility index (Phi) is 4.68. The van der Waals surface area contributed by atoms with Crippen LogP contribution in [0.1, 0.15) is 11.3 Å². The van der Waals surface area contributed by atoms with Crippen molar-refractivity contribution < 1.29 is 9.74 Å². The lowest BCUT2D eigenvalue weighted by molar-refractivity contribution is 0.314. The van der Waals surface area contributed by atoms with Gasteiger partial charge in [-0.25, -0.2) is 14.6 Å². The molecule has 0 spiro atoms. The number of hydrogen-bond acceptors (Lipinski definition) is 9. The summed E-state index contributed by atoms with van der Waals surface area (Å²) in [7, 11) is 0. The van der Waals surface area contributed by atoms with Gasteiger partial charge in [-0.05, 0) is 46.7 Å². The van der Waals surface area contributed by atoms with Crippen molar-refractivity contribution in [3.63, 3.8) is 0 Å². The van der Waals surface area contributed by atoms with Gasteiger partial charge in [-0.1, -0.05) is 29.3 Å². The third-order valence-electron chi connectivity index (χ3n) is 3.77. The number of benzene rings is 2. The third-order valence-corrected chi connectivity index (χ3v) is 4.24. The first kappa shape index (κ1) is 18.0. The number of aromatic hydroxyl groups is 1. The van der Waals surface area contributed by atoms with Crippen molar-refractivity contribution in [2.24, 2.45) is 10.9 Å². The van der Waals surface area contributed by atoms with Crippen LogP contribution in [0, 0.1) is 0 Å². The molecule has 11 heteroatoms. The number of hydrogen-bond donors (Lipinski definition) is 3. The molecule has 0 aliphatic heterocycles. The Morgan fingerprint density at radius 2 is 1.79 bits per heavy atom. The topological polar surface area (TPSA) is 135 Å². The van der Waals surface area contributed by atoms with Gasteiger partial charge in [-0.3, -0.25) is 0 Å². The van der Waals surface area contributed by atoms with Crippen LogP contribution in [0.25, 0.3) is 11.3 Å². The van der Waals surface area contributed by atoms with Gasteiger partial charge in [0, 0.05) is 21.3 Å². The minimum atomic E-state index is -0.0810. The molecular weight excluding hydrogens is 405 g/mol. The SMILES string of the molecule is N/N=C(\c1cc(Cl)ccc1O)c1nc2nonc2nc1Nc1cccc(Cl)c1. The van der Waals surface area contributed by atoms with Crippen LogP contribution in [0.5, 0.6) is 5.75 Å². The van der Waals surface area contributed by atoms with Gasteiger partial charge in [-0.15, -0.1) is 0 Å². The van der Waals surface area contributed by atoms with Crippen LogP contribution >= 0.6 is 23.2 Å². The average molecular weight is 416 g/mol. The second-order valence-corrected chi connectivity index (χ2v) is 6.48. The van der Waals surface area contributed by atoms with Crippen LogP contribution in [0.3, 0.4) is 0 Å². The number of hydrazone groups is 1. The molecule has 0 aliphatic rings. The van der Waals surface area contributed by atoms with E-state index in [1.807, 2.05) is 0 Å². The van der Waals surface area contributed by atoms with Gasteiger partial charge in [0.15, 0.2) is 5.82 Å². The van der Waals surface area contributed by atoms with Crippen molar-refractivity contribution in [3.8, 4) is 5.75 Å². The van der Waals surface area contributed by atoms with Gasteiger partial charge >= 0.3 is 0 Å². The van der Waals surface area contributed by atoms with E-state index in [9.17, 15) is 5.11 Å². The molecule has 0 saturated heterocycles. The van der Waals surface area contributed by atoms with Crippen molar-refractivity contribution in [1.29, 1.82) is 0 Å². The Bertz CT molecular complexity index is 1210.